The molecule has 0 bridgehead atoms. The van der Waals surface area contributed by atoms with Crippen molar-refractivity contribution in [3.05, 3.63) is 11.9 Å². The molecular formula is C10HB6F. The first kappa shape index (κ1) is 12.5. The second kappa shape index (κ2) is 4.04. The van der Waals surface area contributed by atoms with Crippen molar-refractivity contribution in [2.45, 2.75) is 0 Å². The molecule has 2 rings (SSSR count). The summed E-state index contributed by atoms with van der Waals surface area (Å²) >= 11 is 0. The van der Waals surface area contributed by atoms with Gasteiger partial charge >= 0.3 is 0 Å². The van der Waals surface area contributed by atoms with E-state index in [1.54, 1.807) is 0 Å². The number of hydrogen-bond acceptors (Lipinski definition) is 0. The molecule has 0 fully saturated rings. The molecule has 0 spiro atoms. The number of halogens is 1. The average Bonchev–Trinajstić information content (AvgIpc) is 2.30. The van der Waals surface area contributed by atoms with Crippen molar-refractivity contribution in [2.75, 3.05) is 0 Å². The van der Waals surface area contributed by atoms with Crippen molar-refractivity contribution in [1.82, 2.24) is 0 Å². The van der Waals surface area contributed by atoms with E-state index in [0.29, 0.717) is 5.39 Å². The molecule has 2 aromatic rings. The minimum atomic E-state index is -0.740. The van der Waals surface area contributed by atoms with Crippen molar-refractivity contribution >= 4 is 90.6 Å². The minimum Gasteiger partial charge on any atom is -0.207 e. The van der Waals surface area contributed by atoms with E-state index >= 15 is 0 Å². The van der Waals surface area contributed by atoms with E-state index in [1.807, 2.05) is 0 Å². The fourth-order valence-electron chi connectivity index (χ4n) is 1.73. The van der Waals surface area contributed by atoms with Crippen molar-refractivity contribution in [3.8, 4) is 0 Å². The molecule has 0 heterocycles. The predicted octanol–water partition coefficient (Wildman–Crippen LogP) is -4.26. The van der Waals surface area contributed by atoms with Crippen LogP contribution in [0.3, 0.4) is 0 Å². The van der Waals surface area contributed by atoms with Gasteiger partial charge in [0, 0.05) is 5.39 Å². The van der Waals surface area contributed by atoms with Gasteiger partial charge in [-0.2, -0.15) is 0 Å². The molecule has 7 heteroatoms. The lowest BCUT2D eigenvalue weighted by atomic mass is 9.64. The zero-order valence-corrected chi connectivity index (χ0v) is 8.92. The number of rotatable bonds is 0. The van der Waals surface area contributed by atoms with Crippen LogP contribution in [0.2, 0.25) is 0 Å². The van der Waals surface area contributed by atoms with Crippen LogP contribution in [0.15, 0.2) is 6.07 Å². The average molecular weight is 205 g/mol. The lowest BCUT2D eigenvalue weighted by molar-refractivity contribution is 0.649. The van der Waals surface area contributed by atoms with E-state index in [-0.39, 0.29) is 38.2 Å². The Labute approximate surface area is 107 Å². The Morgan fingerprint density at radius 1 is 0.706 bits per heavy atom. The predicted molar refractivity (Wildman–Crippen MR) is 76.2 cm³/mol. The molecule has 0 unspecified atom stereocenters. The van der Waals surface area contributed by atoms with Gasteiger partial charge in [0.2, 0.25) is 0 Å². The quantitative estimate of drug-likeness (QED) is 0.382. The van der Waals surface area contributed by atoms with E-state index in [2.05, 4.69) is 0 Å². The fourth-order valence-corrected chi connectivity index (χ4v) is 1.73. The van der Waals surface area contributed by atoms with Crippen molar-refractivity contribution in [1.29, 1.82) is 0 Å². The van der Waals surface area contributed by atoms with Crippen LogP contribution < -0.4 is 32.8 Å². The summed E-state index contributed by atoms with van der Waals surface area (Å²) in [6, 6.07) is 1.43. The lowest BCUT2D eigenvalue weighted by Gasteiger charge is -2.18. The molecule has 0 aliphatic heterocycles. The van der Waals surface area contributed by atoms with Gasteiger partial charge < -0.3 is 0 Å². The first-order valence-electron chi connectivity index (χ1n) is 4.75. The van der Waals surface area contributed by atoms with Gasteiger partial charge in [0.05, 0.1) is 0 Å². The molecule has 0 aliphatic rings. The molecule has 0 saturated heterocycles. The Balaban J connectivity index is 3.12. The highest BCUT2D eigenvalue weighted by atomic mass is 19.1. The van der Waals surface area contributed by atoms with Crippen LogP contribution in [0.5, 0.6) is 0 Å². The Kier molecular flexibility index (Phi) is 2.97. The molecule has 2 aromatic carbocycles. The third kappa shape index (κ3) is 1.67. The van der Waals surface area contributed by atoms with E-state index in [9.17, 15) is 4.39 Å². The van der Waals surface area contributed by atoms with Crippen LogP contribution in [0.25, 0.3) is 10.8 Å². The van der Waals surface area contributed by atoms with E-state index in [4.69, 9.17) is 47.1 Å². The third-order valence-electron chi connectivity index (χ3n) is 2.77. The summed E-state index contributed by atoms with van der Waals surface area (Å²) in [5.41, 5.74) is 0.183. The molecule has 0 amide bonds. The van der Waals surface area contributed by atoms with Gasteiger partial charge in [-0.3, -0.25) is 0 Å². The summed E-state index contributed by atoms with van der Waals surface area (Å²) in [4.78, 5) is 0. The van der Waals surface area contributed by atoms with Crippen LogP contribution in [0.1, 0.15) is 0 Å². The van der Waals surface area contributed by atoms with Gasteiger partial charge in [-0.25, -0.2) is 4.39 Å². The SMILES string of the molecule is [B]c1cc2c([B])c([B])c([B])c(F)c2c([B])c1[B]. The summed E-state index contributed by atoms with van der Waals surface area (Å²) in [7, 11) is 33.8. The van der Waals surface area contributed by atoms with Crippen molar-refractivity contribution in [2.24, 2.45) is 0 Å². The highest BCUT2D eigenvalue weighted by molar-refractivity contribution is 6.64. The highest BCUT2D eigenvalue weighted by Gasteiger charge is 2.13. The normalized spacial score (nSPS) is 10.9. The number of benzene rings is 2. The molecule has 0 nitrogen and oxygen atoms in total. The molecular weight excluding hydrogens is 204 g/mol. The second-order valence-electron chi connectivity index (χ2n) is 3.77. The zero-order valence-electron chi connectivity index (χ0n) is 8.92. The second-order valence-corrected chi connectivity index (χ2v) is 3.77. The standard InChI is InChI=1S/C10HB6F/c11-3-1-2-4(7(14)6(3)13)10(17)9(16)8(15)5(2)12/h1H. The monoisotopic (exact) mass is 206 g/mol. The van der Waals surface area contributed by atoms with Crippen molar-refractivity contribution < 1.29 is 4.39 Å². The Morgan fingerprint density at radius 3 is 1.88 bits per heavy atom. The molecule has 0 saturated carbocycles. The van der Waals surface area contributed by atoms with Gasteiger partial charge in [-0.05, 0) is 5.39 Å². The number of hydrogen-bond donors (Lipinski definition) is 0. The van der Waals surface area contributed by atoms with Gasteiger partial charge in [-0.15, -0.1) is 16.4 Å². The van der Waals surface area contributed by atoms with Gasteiger partial charge in [-0.1, -0.05) is 22.5 Å². The zero-order chi connectivity index (χ0) is 12.9. The Morgan fingerprint density at radius 2 is 1.29 bits per heavy atom. The van der Waals surface area contributed by atoms with Crippen LogP contribution in [-0.4, -0.2) is 47.1 Å². The summed E-state index contributed by atoms with van der Waals surface area (Å²) in [5.74, 6) is -0.740. The summed E-state index contributed by atoms with van der Waals surface area (Å²) in [6.07, 6.45) is 0. The smallest absolute Gasteiger partial charge is 0.122 e. The molecule has 0 N–H and O–H groups in total. The maximum Gasteiger partial charge on any atom is 0.122 e. The van der Waals surface area contributed by atoms with Gasteiger partial charge in [0.15, 0.2) is 0 Å². The maximum atomic E-state index is 14.0. The van der Waals surface area contributed by atoms with Crippen LogP contribution in [0, 0.1) is 5.82 Å². The number of fused-ring (bicyclic) bond motifs is 1. The summed E-state index contributed by atoms with van der Waals surface area (Å²) in [6.45, 7) is 0. The van der Waals surface area contributed by atoms with E-state index < -0.39 is 5.82 Å². The van der Waals surface area contributed by atoms with Crippen LogP contribution in [-0.2, 0) is 0 Å². The molecule has 0 aromatic heterocycles. The Bertz CT molecular complexity index is 629. The first-order valence-corrected chi connectivity index (χ1v) is 4.75. The summed E-state index contributed by atoms with van der Waals surface area (Å²) in [5, 5.41) is 0.347. The largest absolute Gasteiger partial charge is 0.207 e. The van der Waals surface area contributed by atoms with Crippen molar-refractivity contribution in [3.63, 3.8) is 0 Å². The molecule has 66 valence electrons. The van der Waals surface area contributed by atoms with Crippen LogP contribution >= 0.6 is 0 Å². The molecule has 12 radical (unpaired) electrons. The van der Waals surface area contributed by atoms with E-state index in [0.717, 1.165) is 0 Å². The lowest BCUT2D eigenvalue weighted by Crippen LogP contribution is -2.46. The first-order chi connectivity index (χ1) is 7.86. The van der Waals surface area contributed by atoms with Gasteiger partial charge in [0.1, 0.15) is 52.9 Å². The molecule has 0 atom stereocenters. The van der Waals surface area contributed by atoms with E-state index in [1.165, 1.54) is 6.07 Å². The maximum absolute atomic E-state index is 14.0. The Hall–Kier alpha value is -0.980. The minimum absolute atomic E-state index is 0.0101. The third-order valence-corrected chi connectivity index (χ3v) is 2.77. The summed E-state index contributed by atoms with van der Waals surface area (Å²) < 4.78 is 14.0. The highest BCUT2D eigenvalue weighted by Crippen LogP contribution is 2.08. The van der Waals surface area contributed by atoms with Crippen LogP contribution in [0.4, 0.5) is 4.39 Å². The van der Waals surface area contributed by atoms with Gasteiger partial charge in [0.25, 0.3) is 0 Å². The molecule has 0 aliphatic carbocycles. The topological polar surface area (TPSA) is 0 Å². The molecule has 17 heavy (non-hydrogen) atoms. The fraction of sp³-hybridized carbons (Fsp3) is 0.